The van der Waals surface area contributed by atoms with Gasteiger partial charge in [-0.2, -0.15) is 5.26 Å². The zero-order valence-corrected chi connectivity index (χ0v) is 11.1. The van der Waals surface area contributed by atoms with Gasteiger partial charge in [0.05, 0.1) is 19.6 Å². The fourth-order valence-electron chi connectivity index (χ4n) is 2.31. The molecule has 1 saturated heterocycles. The smallest absolute Gasteiger partial charge is 0.244 e. The third kappa shape index (κ3) is 2.79. The Morgan fingerprint density at radius 2 is 2.37 bits per heavy atom. The summed E-state index contributed by atoms with van der Waals surface area (Å²) < 4.78 is 5.20. The van der Waals surface area contributed by atoms with Gasteiger partial charge in [-0.3, -0.25) is 4.79 Å². The van der Waals surface area contributed by atoms with E-state index in [4.69, 9.17) is 10.00 Å². The van der Waals surface area contributed by atoms with Crippen LogP contribution in [0.15, 0.2) is 24.3 Å². The van der Waals surface area contributed by atoms with Crippen LogP contribution in [0.1, 0.15) is 13.3 Å². The number of carbonyl (C=O) groups excluding carboxylic acids is 1. The van der Waals surface area contributed by atoms with Crippen molar-refractivity contribution in [3.05, 3.63) is 24.3 Å². The van der Waals surface area contributed by atoms with E-state index in [9.17, 15) is 4.79 Å². The van der Waals surface area contributed by atoms with E-state index in [-0.39, 0.29) is 18.4 Å². The minimum absolute atomic E-state index is 0.0636. The molecule has 0 aromatic heterocycles. The monoisotopic (exact) mass is 259 g/mol. The standard InChI is InChI=1S/C14H17N3O2/c1-10-9-17(13(6-7-15)14(18)16-10)11-4-3-5-12(8-11)19-2/h3-5,8,10,13H,6,9H2,1-2H3,(H,16,18). The Hall–Kier alpha value is -2.22. The summed E-state index contributed by atoms with van der Waals surface area (Å²) in [6.07, 6.45) is 0.176. The maximum atomic E-state index is 12.0. The van der Waals surface area contributed by atoms with Crippen molar-refractivity contribution in [2.75, 3.05) is 18.6 Å². The highest BCUT2D eigenvalue weighted by Crippen LogP contribution is 2.25. The van der Waals surface area contributed by atoms with Gasteiger partial charge in [0.1, 0.15) is 11.8 Å². The average Bonchev–Trinajstić information content (AvgIpc) is 2.41. The Labute approximate surface area is 112 Å². The highest BCUT2D eigenvalue weighted by Gasteiger charge is 2.32. The Morgan fingerprint density at radius 1 is 1.58 bits per heavy atom. The second kappa shape index (κ2) is 5.61. The number of ether oxygens (including phenoxy) is 1. The third-order valence-corrected chi connectivity index (χ3v) is 3.21. The molecular formula is C14H17N3O2. The van der Waals surface area contributed by atoms with Crippen molar-refractivity contribution in [3.8, 4) is 11.8 Å². The van der Waals surface area contributed by atoms with Crippen LogP contribution in [-0.2, 0) is 4.79 Å². The summed E-state index contributed by atoms with van der Waals surface area (Å²) in [6, 6.07) is 9.26. The number of rotatable bonds is 3. The number of hydrogen-bond donors (Lipinski definition) is 1. The largest absolute Gasteiger partial charge is 0.497 e. The minimum atomic E-state index is -0.437. The molecule has 100 valence electrons. The van der Waals surface area contributed by atoms with Gasteiger partial charge in [0.25, 0.3) is 0 Å². The Kier molecular flexibility index (Phi) is 3.91. The number of benzene rings is 1. The number of methoxy groups -OCH3 is 1. The van der Waals surface area contributed by atoms with E-state index in [0.29, 0.717) is 6.54 Å². The van der Waals surface area contributed by atoms with Gasteiger partial charge in [-0.05, 0) is 19.1 Å². The SMILES string of the molecule is COc1cccc(N2CC(C)NC(=O)C2CC#N)c1. The molecule has 5 heteroatoms. The fraction of sp³-hybridized carbons (Fsp3) is 0.429. The van der Waals surface area contributed by atoms with E-state index >= 15 is 0 Å². The molecule has 0 bridgehead atoms. The number of nitriles is 1. The van der Waals surface area contributed by atoms with Crippen molar-refractivity contribution >= 4 is 11.6 Å². The fourth-order valence-corrected chi connectivity index (χ4v) is 2.31. The minimum Gasteiger partial charge on any atom is -0.497 e. The number of amides is 1. The van der Waals surface area contributed by atoms with Crippen LogP contribution in [0.25, 0.3) is 0 Å². The quantitative estimate of drug-likeness (QED) is 0.888. The maximum absolute atomic E-state index is 12.0. The number of nitrogens with one attached hydrogen (secondary N) is 1. The van der Waals surface area contributed by atoms with Gasteiger partial charge in [0.15, 0.2) is 0 Å². The lowest BCUT2D eigenvalue weighted by Crippen LogP contribution is -2.59. The highest BCUT2D eigenvalue weighted by atomic mass is 16.5. The molecule has 2 rings (SSSR count). The van der Waals surface area contributed by atoms with Crippen molar-refractivity contribution in [1.82, 2.24) is 5.32 Å². The van der Waals surface area contributed by atoms with E-state index in [2.05, 4.69) is 11.4 Å². The molecule has 1 heterocycles. The lowest BCUT2D eigenvalue weighted by atomic mass is 10.0. The van der Waals surface area contributed by atoms with Crippen LogP contribution in [0.4, 0.5) is 5.69 Å². The summed E-state index contributed by atoms with van der Waals surface area (Å²) in [6.45, 7) is 2.64. The molecule has 1 aromatic carbocycles. The molecule has 2 unspecified atom stereocenters. The van der Waals surface area contributed by atoms with Gasteiger partial charge in [-0.1, -0.05) is 6.07 Å². The average molecular weight is 259 g/mol. The topological polar surface area (TPSA) is 65.4 Å². The van der Waals surface area contributed by atoms with Gasteiger partial charge in [-0.25, -0.2) is 0 Å². The molecule has 1 aromatic rings. The summed E-state index contributed by atoms with van der Waals surface area (Å²) >= 11 is 0. The zero-order chi connectivity index (χ0) is 13.8. The summed E-state index contributed by atoms with van der Waals surface area (Å²) in [4.78, 5) is 14.0. The van der Waals surface area contributed by atoms with Gasteiger partial charge in [-0.15, -0.1) is 0 Å². The van der Waals surface area contributed by atoms with Crippen molar-refractivity contribution in [2.24, 2.45) is 0 Å². The first-order valence-electron chi connectivity index (χ1n) is 6.23. The summed E-state index contributed by atoms with van der Waals surface area (Å²) in [7, 11) is 1.61. The molecule has 2 atom stereocenters. The molecule has 1 aliphatic rings. The predicted molar refractivity (Wildman–Crippen MR) is 72.0 cm³/mol. The number of carbonyl (C=O) groups is 1. The third-order valence-electron chi connectivity index (χ3n) is 3.21. The van der Waals surface area contributed by atoms with Crippen LogP contribution in [-0.4, -0.2) is 31.6 Å². The first-order chi connectivity index (χ1) is 9.15. The number of anilines is 1. The lowest BCUT2D eigenvalue weighted by molar-refractivity contribution is -0.124. The summed E-state index contributed by atoms with van der Waals surface area (Å²) in [5.41, 5.74) is 0.904. The molecule has 1 amide bonds. The van der Waals surface area contributed by atoms with E-state index < -0.39 is 6.04 Å². The zero-order valence-electron chi connectivity index (χ0n) is 11.1. The molecule has 0 radical (unpaired) electrons. The van der Waals surface area contributed by atoms with E-state index in [0.717, 1.165) is 11.4 Å². The van der Waals surface area contributed by atoms with Crippen LogP contribution in [0.3, 0.4) is 0 Å². The van der Waals surface area contributed by atoms with Crippen LogP contribution in [0, 0.1) is 11.3 Å². The second-order valence-electron chi connectivity index (χ2n) is 4.64. The number of nitrogens with zero attached hydrogens (tertiary/aromatic N) is 2. The van der Waals surface area contributed by atoms with Crippen molar-refractivity contribution in [2.45, 2.75) is 25.4 Å². The molecule has 1 fully saturated rings. The normalized spacial score (nSPS) is 22.6. The van der Waals surface area contributed by atoms with Gasteiger partial charge in [0, 0.05) is 24.3 Å². The van der Waals surface area contributed by atoms with Crippen LogP contribution < -0.4 is 15.0 Å². The summed E-state index contributed by atoms with van der Waals surface area (Å²) in [5, 5.41) is 11.8. The van der Waals surface area contributed by atoms with E-state index in [1.54, 1.807) is 7.11 Å². The molecule has 0 aliphatic carbocycles. The first-order valence-corrected chi connectivity index (χ1v) is 6.23. The second-order valence-corrected chi connectivity index (χ2v) is 4.64. The number of hydrogen-bond acceptors (Lipinski definition) is 4. The Morgan fingerprint density at radius 3 is 3.05 bits per heavy atom. The van der Waals surface area contributed by atoms with Gasteiger partial charge < -0.3 is 15.0 Å². The highest BCUT2D eigenvalue weighted by molar-refractivity contribution is 5.87. The van der Waals surface area contributed by atoms with E-state index in [1.807, 2.05) is 36.1 Å². The molecule has 1 aliphatic heterocycles. The molecular weight excluding hydrogens is 242 g/mol. The van der Waals surface area contributed by atoms with Gasteiger partial charge in [0.2, 0.25) is 5.91 Å². The molecule has 0 saturated carbocycles. The van der Waals surface area contributed by atoms with Gasteiger partial charge >= 0.3 is 0 Å². The van der Waals surface area contributed by atoms with Crippen molar-refractivity contribution < 1.29 is 9.53 Å². The molecule has 0 spiro atoms. The molecule has 5 nitrogen and oxygen atoms in total. The van der Waals surface area contributed by atoms with E-state index in [1.165, 1.54) is 0 Å². The lowest BCUT2D eigenvalue weighted by Gasteiger charge is -2.39. The molecule has 1 N–H and O–H groups in total. The van der Waals surface area contributed by atoms with Crippen LogP contribution in [0.5, 0.6) is 5.75 Å². The Balaban J connectivity index is 2.32. The van der Waals surface area contributed by atoms with Crippen LogP contribution in [0.2, 0.25) is 0 Å². The van der Waals surface area contributed by atoms with Crippen molar-refractivity contribution in [3.63, 3.8) is 0 Å². The summed E-state index contributed by atoms with van der Waals surface area (Å²) in [5.74, 6) is 0.648. The molecule has 19 heavy (non-hydrogen) atoms. The first kappa shape index (κ1) is 13.2. The maximum Gasteiger partial charge on any atom is 0.244 e. The number of piperazine rings is 1. The Bertz CT molecular complexity index is 510. The van der Waals surface area contributed by atoms with Crippen LogP contribution >= 0.6 is 0 Å². The van der Waals surface area contributed by atoms with Crippen molar-refractivity contribution in [1.29, 1.82) is 5.26 Å². The predicted octanol–water partition coefficient (Wildman–Crippen LogP) is 1.30.